The van der Waals surface area contributed by atoms with E-state index in [1.54, 1.807) is 6.07 Å². The van der Waals surface area contributed by atoms with E-state index in [2.05, 4.69) is 18.0 Å². The monoisotopic (exact) mass is 259 g/mol. The van der Waals surface area contributed by atoms with Crippen molar-refractivity contribution < 1.29 is 9.53 Å². The molecule has 2 aromatic rings. The molecular formula is C16H21NO2. The minimum atomic E-state index is -0.287. The average Bonchev–Trinajstić information content (AvgIpc) is 2.86. The number of carbonyl (C=O) groups excluding carboxylic acids is 1. The maximum Gasteiger partial charge on any atom is 0.339 e. The molecule has 2 rings (SSSR count). The number of aryl methyl sites for hydroxylation is 1. The standard InChI is InChI=1S/C16H21NO2/c1-3-4-5-6-8-12-11-17-15-13(12)9-7-10-14(15)16(18)19-2/h7,9-11,17H,3-6,8H2,1-2H3. The summed E-state index contributed by atoms with van der Waals surface area (Å²) >= 11 is 0. The molecule has 1 aromatic heterocycles. The fourth-order valence-electron chi connectivity index (χ4n) is 2.44. The van der Waals surface area contributed by atoms with Gasteiger partial charge in [0, 0.05) is 11.6 Å². The summed E-state index contributed by atoms with van der Waals surface area (Å²) in [6.45, 7) is 2.22. The first kappa shape index (κ1) is 13.7. The molecule has 0 amide bonds. The van der Waals surface area contributed by atoms with Crippen LogP contribution in [0.2, 0.25) is 0 Å². The third-order valence-electron chi connectivity index (χ3n) is 3.51. The van der Waals surface area contributed by atoms with Crippen LogP contribution in [0.5, 0.6) is 0 Å². The summed E-state index contributed by atoms with van der Waals surface area (Å²) in [4.78, 5) is 14.9. The highest BCUT2D eigenvalue weighted by atomic mass is 16.5. The summed E-state index contributed by atoms with van der Waals surface area (Å²) in [5, 5.41) is 1.14. The molecule has 0 bridgehead atoms. The number of ether oxygens (including phenoxy) is 1. The predicted octanol–water partition coefficient (Wildman–Crippen LogP) is 4.08. The third-order valence-corrected chi connectivity index (χ3v) is 3.51. The summed E-state index contributed by atoms with van der Waals surface area (Å²) in [5.74, 6) is -0.287. The van der Waals surface area contributed by atoms with E-state index < -0.39 is 0 Å². The topological polar surface area (TPSA) is 42.1 Å². The number of methoxy groups -OCH3 is 1. The van der Waals surface area contributed by atoms with Crippen LogP contribution < -0.4 is 0 Å². The van der Waals surface area contributed by atoms with Crippen molar-refractivity contribution in [1.82, 2.24) is 4.98 Å². The van der Waals surface area contributed by atoms with Crippen molar-refractivity contribution >= 4 is 16.9 Å². The lowest BCUT2D eigenvalue weighted by atomic mass is 10.0. The van der Waals surface area contributed by atoms with Gasteiger partial charge in [0.15, 0.2) is 0 Å². The zero-order valence-corrected chi connectivity index (χ0v) is 11.7. The van der Waals surface area contributed by atoms with Gasteiger partial charge in [-0.05, 0) is 24.5 Å². The number of nitrogens with one attached hydrogen (secondary N) is 1. The molecule has 0 fully saturated rings. The van der Waals surface area contributed by atoms with E-state index in [0.717, 1.165) is 17.3 Å². The molecule has 1 N–H and O–H groups in total. The van der Waals surface area contributed by atoms with Crippen LogP contribution in [0.4, 0.5) is 0 Å². The quantitative estimate of drug-likeness (QED) is 0.627. The zero-order chi connectivity index (χ0) is 13.7. The van der Waals surface area contributed by atoms with Gasteiger partial charge in [-0.3, -0.25) is 0 Å². The SMILES string of the molecule is CCCCCCc1c[nH]c2c(C(=O)OC)cccc12. The number of H-pyrrole nitrogens is 1. The van der Waals surface area contributed by atoms with Crippen LogP contribution in [0.1, 0.15) is 48.5 Å². The van der Waals surface area contributed by atoms with E-state index in [0.29, 0.717) is 5.56 Å². The average molecular weight is 259 g/mol. The number of para-hydroxylation sites is 1. The van der Waals surface area contributed by atoms with Crippen LogP contribution in [0.3, 0.4) is 0 Å². The number of hydrogen-bond acceptors (Lipinski definition) is 2. The van der Waals surface area contributed by atoms with Gasteiger partial charge in [-0.2, -0.15) is 0 Å². The Hall–Kier alpha value is -1.77. The lowest BCUT2D eigenvalue weighted by molar-refractivity contribution is 0.0603. The molecule has 3 nitrogen and oxygen atoms in total. The Bertz CT molecular complexity index is 557. The molecule has 102 valence electrons. The first-order chi connectivity index (χ1) is 9.27. The van der Waals surface area contributed by atoms with Crippen LogP contribution >= 0.6 is 0 Å². The van der Waals surface area contributed by atoms with Gasteiger partial charge in [0.1, 0.15) is 0 Å². The maximum atomic E-state index is 11.7. The fraction of sp³-hybridized carbons (Fsp3) is 0.438. The second kappa shape index (κ2) is 6.41. The second-order valence-corrected chi connectivity index (χ2v) is 4.84. The summed E-state index contributed by atoms with van der Waals surface area (Å²) in [5.41, 5.74) is 2.79. The minimum absolute atomic E-state index is 0.287. The number of rotatable bonds is 6. The Balaban J connectivity index is 2.21. The van der Waals surface area contributed by atoms with Gasteiger partial charge in [0.05, 0.1) is 18.2 Å². The summed E-state index contributed by atoms with van der Waals surface area (Å²) < 4.78 is 4.81. The number of esters is 1. The molecule has 1 aromatic carbocycles. The smallest absolute Gasteiger partial charge is 0.339 e. The summed E-state index contributed by atoms with van der Waals surface area (Å²) in [7, 11) is 1.41. The highest BCUT2D eigenvalue weighted by Crippen LogP contribution is 2.23. The molecule has 0 unspecified atom stereocenters. The van der Waals surface area contributed by atoms with Crippen molar-refractivity contribution in [1.29, 1.82) is 0 Å². The predicted molar refractivity (Wildman–Crippen MR) is 77.5 cm³/mol. The van der Waals surface area contributed by atoms with Crippen molar-refractivity contribution in [2.45, 2.75) is 39.0 Å². The lowest BCUT2D eigenvalue weighted by Gasteiger charge is -2.02. The molecule has 0 saturated carbocycles. The molecule has 19 heavy (non-hydrogen) atoms. The van der Waals surface area contributed by atoms with Gasteiger partial charge < -0.3 is 9.72 Å². The third kappa shape index (κ3) is 2.98. The Morgan fingerprint density at radius 2 is 2.11 bits per heavy atom. The van der Waals surface area contributed by atoms with E-state index in [4.69, 9.17) is 4.74 Å². The Labute approximate surface area is 114 Å². The van der Waals surface area contributed by atoms with E-state index in [1.807, 2.05) is 12.3 Å². The van der Waals surface area contributed by atoms with E-state index in [1.165, 1.54) is 38.4 Å². The van der Waals surface area contributed by atoms with Gasteiger partial charge in [0.25, 0.3) is 0 Å². The second-order valence-electron chi connectivity index (χ2n) is 4.84. The zero-order valence-electron chi connectivity index (χ0n) is 11.7. The highest BCUT2D eigenvalue weighted by molar-refractivity contribution is 6.03. The number of unbranched alkanes of at least 4 members (excludes halogenated alkanes) is 3. The molecule has 0 aliphatic rings. The van der Waals surface area contributed by atoms with E-state index >= 15 is 0 Å². The molecule has 3 heteroatoms. The van der Waals surface area contributed by atoms with Gasteiger partial charge in [-0.1, -0.05) is 38.3 Å². The van der Waals surface area contributed by atoms with Gasteiger partial charge in [0.2, 0.25) is 0 Å². The molecular weight excluding hydrogens is 238 g/mol. The van der Waals surface area contributed by atoms with Crippen LogP contribution in [0, 0.1) is 0 Å². The number of aromatic amines is 1. The number of aromatic nitrogens is 1. The van der Waals surface area contributed by atoms with E-state index in [9.17, 15) is 4.79 Å². The van der Waals surface area contributed by atoms with Gasteiger partial charge in [-0.15, -0.1) is 0 Å². The largest absolute Gasteiger partial charge is 0.465 e. The van der Waals surface area contributed by atoms with Crippen LogP contribution in [-0.4, -0.2) is 18.1 Å². The highest BCUT2D eigenvalue weighted by Gasteiger charge is 2.13. The molecule has 1 heterocycles. The van der Waals surface area contributed by atoms with Crippen molar-refractivity contribution in [2.24, 2.45) is 0 Å². The number of hydrogen-bond donors (Lipinski definition) is 1. The van der Waals surface area contributed by atoms with Crippen molar-refractivity contribution in [3.8, 4) is 0 Å². The molecule has 0 radical (unpaired) electrons. The van der Waals surface area contributed by atoms with Crippen LogP contribution in [0.25, 0.3) is 10.9 Å². The molecule has 0 saturated heterocycles. The van der Waals surface area contributed by atoms with Crippen LogP contribution in [-0.2, 0) is 11.2 Å². The van der Waals surface area contributed by atoms with E-state index in [-0.39, 0.29) is 5.97 Å². The molecule has 0 spiro atoms. The first-order valence-corrected chi connectivity index (χ1v) is 6.95. The van der Waals surface area contributed by atoms with Gasteiger partial charge in [-0.25, -0.2) is 4.79 Å². The maximum absolute atomic E-state index is 11.7. The lowest BCUT2D eigenvalue weighted by Crippen LogP contribution is -2.01. The van der Waals surface area contributed by atoms with Crippen molar-refractivity contribution in [3.63, 3.8) is 0 Å². The summed E-state index contributed by atoms with van der Waals surface area (Å²) in [6, 6.07) is 5.77. The van der Waals surface area contributed by atoms with Gasteiger partial charge >= 0.3 is 5.97 Å². The fourth-order valence-corrected chi connectivity index (χ4v) is 2.44. The Morgan fingerprint density at radius 3 is 2.84 bits per heavy atom. The molecule has 0 atom stereocenters. The number of carbonyl (C=O) groups is 1. The normalized spacial score (nSPS) is 10.8. The molecule has 0 aliphatic heterocycles. The van der Waals surface area contributed by atoms with Crippen LogP contribution in [0.15, 0.2) is 24.4 Å². The molecule has 0 aliphatic carbocycles. The number of fused-ring (bicyclic) bond motifs is 1. The van der Waals surface area contributed by atoms with Crippen molar-refractivity contribution in [2.75, 3.05) is 7.11 Å². The number of benzene rings is 1. The summed E-state index contributed by atoms with van der Waals surface area (Å²) in [6.07, 6.45) is 8.08. The Morgan fingerprint density at radius 1 is 1.26 bits per heavy atom. The minimum Gasteiger partial charge on any atom is -0.465 e. The first-order valence-electron chi connectivity index (χ1n) is 6.95. The Kier molecular flexibility index (Phi) is 4.61. The van der Waals surface area contributed by atoms with Crippen molar-refractivity contribution in [3.05, 3.63) is 35.5 Å².